The second-order valence-corrected chi connectivity index (χ2v) is 10.1. The topological polar surface area (TPSA) is 58.2 Å². The van der Waals surface area contributed by atoms with Gasteiger partial charge in [-0.1, -0.05) is 58.9 Å². The Labute approximate surface area is 174 Å². The van der Waals surface area contributed by atoms with Crippen LogP contribution in [0.3, 0.4) is 0 Å². The van der Waals surface area contributed by atoms with Gasteiger partial charge in [0.05, 0.1) is 0 Å². The Bertz CT molecular complexity index is 909. The molecule has 1 fully saturated rings. The maximum absolute atomic E-state index is 12.4. The van der Waals surface area contributed by atoms with Crippen molar-refractivity contribution < 1.29 is 9.59 Å². The lowest BCUT2D eigenvalue weighted by Gasteiger charge is -2.17. The summed E-state index contributed by atoms with van der Waals surface area (Å²) in [5.74, 6) is 0.248. The minimum atomic E-state index is -0.0394. The Morgan fingerprint density at radius 3 is 1.97 bits per heavy atom. The molecular formula is C25H32N2O2. The molecule has 1 aliphatic rings. The number of hydrogen-bond donors (Lipinski definition) is 2. The van der Waals surface area contributed by atoms with E-state index in [0.29, 0.717) is 6.42 Å². The molecule has 154 valence electrons. The molecule has 0 saturated heterocycles. The van der Waals surface area contributed by atoms with Crippen molar-refractivity contribution in [2.75, 3.05) is 10.6 Å². The fourth-order valence-corrected chi connectivity index (χ4v) is 3.58. The van der Waals surface area contributed by atoms with Crippen molar-refractivity contribution in [1.29, 1.82) is 0 Å². The van der Waals surface area contributed by atoms with Crippen LogP contribution in [0, 0.1) is 16.7 Å². The molecule has 0 bridgehead atoms. The number of carbonyl (C=O) groups is 2. The lowest BCUT2D eigenvalue weighted by Crippen LogP contribution is -2.19. The Morgan fingerprint density at radius 2 is 1.48 bits per heavy atom. The van der Waals surface area contributed by atoms with Gasteiger partial charge in [0, 0.05) is 23.7 Å². The highest BCUT2D eigenvalue weighted by Crippen LogP contribution is 2.52. The predicted octanol–water partition coefficient (Wildman–Crippen LogP) is 5.64. The highest BCUT2D eigenvalue weighted by atomic mass is 16.2. The molecule has 0 spiro atoms. The fourth-order valence-electron chi connectivity index (χ4n) is 3.58. The molecule has 1 saturated carbocycles. The van der Waals surface area contributed by atoms with Crippen molar-refractivity contribution in [3.8, 4) is 0 Å². The van der Waals surface area contributed by atoms with Gasteiger partial charge in [-0.3, -0.25) is 9.59 Å². The first-order valence-electron chi connectivity index (χ1n) is 10.3. The van der Waals surface area contributed by atoms with E-state index in [-0.39, 0.29) is 28.6 Å². The van der Waals surface area contributed by atoms with Crippen molar-refractivity contribution in [2.45, 2.75) is 53.9 Å². The van der Waals surface area contributed by atoms with Gasteiger partial charge in [-0.05, 0) is 59.1 Å². The van der Waals surface area contributed by atoms with Crippen molar-refractivity contribution in [3.63, 3.8) is 0 Å². The first-order chi connectivity index (χ1) is 13.5. The Kier molecular flexibility index (Phi) is 5.83. The van der Waals surface area contributed by atoms with Gasteiger partial charge in [-0.2, -0.15) is 0 Å². The van der Waals surface area contributed by atoms with Crippen LogP contribution in [0.25, 0.3) is 0 Å². The monoisotopic (exact) mass is 392 g/mol. The molecule has 0 aliphatic heterocycles. The summed E-state index contributed by atoms with van der Waals surface area (Å²) in [7, 11) is 0. The van der Waals surface area contributed by atoms with Crippen molar-refractivity contribution in [1.82, 2.24) is 0 Å². The molecule has 0 heterocycles. The lowest BCUT2D eigenvalue weighted by molar-refractivity contribution is -0.118. The summed E-state index contributed by atoms with van der Waals surface area (Å²) in [6.07, 6.45) is 2.17. The van der Waals surface area contributed by atoms with Gasteiger partial charge in [0.15, 0.2) is 0 Å². The summed E-state index contributed by atoms with van der Waals surface area (Å²) in [5.41, 5.74) is 3.98. The van der Waals surface area contributed by atoms with Crippen LogP contribution in [0.2, 0.25) is 0 Å². The highest BCUT2D eigenvalue weighted by Gasteiger charge is 2.50. The van der Waals surface area contributed by atoms with E-state index in [2.05, 4.69) is 57.4 Å². The highest BCUT2D eigenvalue weighted by molar-refractivity contribution is 5.95. The van der Waals surface area contributed by atoms with Crippen LogP contribution in [0.15, 0.2) is 48.5 Å². The summed E-state index contributed by atoms with van der Waals surface area (Å²) >= 11 is 0. The van der Waals surface area contributed by atoms with E-state index < -0.39 is 0 Å². The summed E-state index contributed by atoms with van der Waals surface area (Å²) in [6, 6.07) is 15.9. The van der Waals surface area contributed by atoms with E-state index in [1.165, 1.54) is 0 Å². The Morgan fingerprint density at radius 1 is 0.966 bits per heavy atom. The minimum Gasteiger partial charge on any atom is -0.326 e. The average molecular weight is 393 g/mol. The average Bonchev–Trinajstić information content (AvgIpc) is 3.22. The molecule has 0 radical (unpaired) electrons. The third-order valence-corrected chi connectivity index (χ3v) is 5.33. The van der Waals surface area contributed by atoms with Crippen molar-refractivity contribution >= 4 is 23.2 Å². The minimum absolute atomic E-state index is 0.0300. The van der Waals surface area contributed by atoms with Crippen molar-refractivity contribution in [3.05, 3.63) is 59.7 Å². The standard InChI is InChI=1S/C25H32N2O2/c1-24(2,3)16-22(28)26-19-10-6-8-17(13-19)12-18-9-7-11-20(14-18)27-23(29)21-15-25(21,4)5/h6-11,13-14,21H,12,15-16H2,1-5H3,(H,26,28)(H,27,29). The van der Waals surface area contributed by atoms with Gasteiger partial charge in [-0.15, -0.1) is 0 Å². The quantitative estimate of drug-likeness (QED) is 0.669. The Balaban J connectivity index is 1.63. The van der Waals surface area contributed by atoms with E-state index in [1.54, 1.807) is 0 Å². The molecule has 1 atom stereocenters. The summed E-state index contributed by atoms with van der Waals surface area (Å²) in [4.78, 5) is 24.6. The zero-order valence-electron chi connectivity index (χ0n) is 18.1. The van der Waals surface area contributed by atoms with Gasteiger partial charge < -0.3 is 10.6 Å². The smallest absolute Gasteiger partial charge is 0.228 e. The van der Waals surface area contributed by atoms with Crippen LogP contribution >= 0.6 is 0 Å². The number of benzene rings is 2. The van der Waals surface area contributed by atoms with Crippen LogP contribution in [0.5, 0.6) is 0 Å². The van der Waals surface area contributed by atoms with E-state index in [4.69, 9.17) is 0 Å². The second kappa shape index (κ2) is 8.02. The third kappa shape index (κ3) is 6.18. The van der Waals surface area contributed by atoms with Gasteiger partial charge >= 0.3 is 0 Å². The molecular weight excluding hydrogens is 360 g/mol. The molecule has 0 aromatic heterocycles. The number of anilines is 2. The molecule has 2 N–H and O–H groups in total. The predicted molar refractivity (Wildman–Crippen MR) is 119 cm³/mol. The van der Waals surface area contributed by atoms with Gasteiger partial charge in [0.2, 0.25) is 11.8 Å². The number of hydrogen-bond acceptors (Lipinski definition) is 2. The van der Waals surface area contributed by atoms with Gasteiger partial charge in [0.25, 0.3) is 0 Å². The normalized spacial score (nSPS) is 17.5. The zero-order valence-corrected chi connectivity index (χ0v) is 18.1. The molecule has 2 aromatic carbocycles. The number of nitrogens with one attached hydrogen (secondary N) is 2. The molecule has 2 aromatic rings. The number of amides is 2. The van der Waals surface area contributed by atoms with Gasteiger partial charge in [-0.25, -0.2) is 0 Å². The molecule has 4 nitrogen and oxygen atoms in total. The van der Waals surface area contributed by atoms with Crippen molar-refractivity contribution in [2.24, 2.45) is 16.7 Å². The SMILES string of the molecule is CC(C)(C)CC(=O)Nc1cccc(Cc2cccc(NC(=O)C3CC3(C)C)c2)c1. The maximum Gasteiger partial charge on any atom is 0.228 e. The summed E-state index contributed by atoms with van der Waals surface area (Å²) < 4.78 is 0. The molecule has 4 heteroatoms. The largest absolute Gasteiger partial charge is 0.326 e. The van der Waals surface area contributed by atoms with Gasteiger partial charge in [0.1, 0.15) is 0 Å². The third-order valence-electron chi connectivity index (χ3n) is 5.33. The molecule has 2 amide bonds. The zero-order chi connectivity index (χ0) is 21.2. The van der Waals surface area contributed by atoms with Crippen LogP contribution < -0.4 is 10.6 Å². The van der Waals surface area contributed by atoms with Crippen LogP contribution in [0.1, 0.15) is 58.6 Å². The molecule has 29 heavy (non-hydrogen) atoms. The fraction of sp³-hybridized carbons (Fsp3) is 0.440. The van der Waals surface area contributed by atoms with E-state index in [0.717, 1.165) is 35.3 Å². The molecule has 3 rings (SSSR count). The van der Waals surface area contributed by atoms with Crippen LogP contribution in [-0.2, 0) is 16.0 Å². The van der Waals surface area contributed by atoms with E-state index in [9.17, 15) is 9.59 Å². The van der Waals surface area contributed by atoms with E-state index in [1.807, 2.05) is 36.4 Å². The van der Waals surface area contributed by atoms with E-state index >= 15 is 0 Å². The number of carbonyl (C=O) groups excluding carboxylic acids is 2. The molecule has 1 unspecified atom stereocenters. The molecule has 1 aliphatic carbocycles. The maximum atomic E-state index is 12.4. The first kappa shape index (κ1) is 21.1. The summed E-state index contributed by atoms with van der Waals surface area (Å²) in [5, 5.41) is 6.04. The summed E-state index contributed by atoms with van der Waals surface area (Å²) in [6.45, 7) is 10.4. The van der Waals surface area contributed by atoms with Crippen LogP contribution in [0.4, 0.5) is 11.4 Å². The Hall–Kier alpha value is -2.62. The van der Waals surface area contributed by atoms with Crippen LogP contribution in [-0.4, -0.2) is 11.8 Å². The second-order valence-electron chi connectivity index (χ2n) is 10.1. The number of rotatable bonds is 6. The lowest BCUT2D eigenvalue weighted by atomic mass is 9.92. The first-order valence-corrected chi connectivity index (χ1v) is 10.3.